The lowest BCUT2D eigenvalue weighted by atomic mass is 10.1. The highest BCUT2D eigenvalue weighted by Gasteiger charge is 2.16. The van der Waals surface area contributed by atoms with Crippen LogP contribution in [0.3, 0.4) is 0 Å². The zero-order chi connectivity index (χ0) is 10.3. The number of ether oxygens (including phenoxy) is 2. The van der Waals surface area contributed by atoms with E-state index in [0.29, 0.717) is 12.3 Å². The molecule has 5 nitrogen and oxygen atoms in total. The Hall–Kier alpha value is -1.10. The van der Waals surface area contributed by atoms with Crippen molar-refractivity contribution >= 4 is 12.4 Å². The zero-order valence-electron chi connectivity index (χ0n) is 7.86. The fourth-order valence-corrected chi connectivity index (χ4v) is 0.831. The van der Waals surface area contributed by atoms with Crippen molar-refractivity contribution in [1.29, 1.82) is 0 Å². The molecule has 13 heavy (non-hydrogen) atoms. The number of rotatable bonds is 6. The first-order valence-corrected chi connectivity index (χ1v) is 4.05. The number of carbonyl (C=O) groups is 2. The third-order valence-electron chi connectivity index (χ3n) is 1.37. The topological polar surface area (TPSA) is 78.6 Å². The van der Waals surface area contributed by atoms with Crippen LogP contribution in [0.25, 0.3) is 0 Å². The number of hydrogen-bond acceptors (Lipinski definition) is 5. The lowest BCUT2D eigenvalue weighted by Crippen LogP contribution is -2.34. The molecule has 0 aliphatic carbocycles. The third kappa shape index (κ3) is 6.10. The summed E-state index contributed by atoms with van der Waals surface area (Å²) in [4.78, 5) is 20.7. The van der Waals surface area contributed by atoms with E-state index in [1.54, 1.807) is 0 Å². The van der Waals surface area contributed by atoms with Crippen molar-refractivity contribution in [2.24, 2.45) is 11.7 Å². The highest BCUT2D eigenvalue weighted by molar-refractivity contribution is 5.75. The van der Waals surface area contributed by atoms with Gasteiger partial charge < -0.3 is 15.2 Å². The lowest BCUT2D eigenvalue weighted by Gasteiger charge is -2.12. The summed E-state index contributed by atoms with van der Waals surface area (Å²) in [6, 6.07) is -0.643. The van der Waals surface area contributed by atoms with E-state index < -0.39 is 12.0 Å². The summed E-state index contributed by atoms with van der Waals surface area (Å²) in [6.45, 7) is 3.75. The van der Waals surface area contributed by atoms with E-state index in [2.05, 4.69) is 9.47 Å². The van der Waals surface area contributed by atoms with Gasteiger partial charge in [-0.1, -0.05) is 13.8 Å². The molecule has 0 unspecified atom stereocenters. The van der Waals surface area contributed by atoms with Gasteiger partial charge in [-0.05, 0) is 12.3 Å². The second-order valence-electron chi connectivity index (χ2n) is 3.08. The predicted octanol–water partition coefficient (Wildman–Crippen LogP) is 0.0335. The van der Waals surface area contributed by atoms with Gasteiger partial charge in [-0.3, -0.25) is 9.59 Å². The van der Waals surface area contributed by atoms with Crippen molar-refractivity contribution < 1.29 is 19.1 Å². The summed E-state index contributed by atoms with van der Waals surface area (Å²) in [5.41, 5.74) is 5.48. The molecular formula is C8H15NO4. The largest absolute Gasteiger partial charge is 0.430 e. The molecule has 0 radical (unpaired) electrons. The zero-order valence-corrected chi connectivity index (χ0v) is 7.86. The smallest absolute Gasteiger partial charge is 0.325 e. The van der Waals surface area contributed by atoms with Crippen molar-refractivity contribution in [2.45, 2.75) is 26.3 Å². The van der Waals surface area contributed by atoms with Crippen LogP contribution < -0.4 is 5.73 Å². The molecule has 0 heterocycles. The van der Waals surface area contributed by atoms with Gasteiger partial charge in [0, 0.05) is 0 Å². The molecule has 5 heteroatoms. The van der Waals surface area contributed by atoms with Crippen LogP contribution in [0.15, 0.2) is 0 Å². The Morgan fingerprint density at radius 3 is 2.62 bits per heavy atom. The van der Waals surface area contributed by atoms with Crippen LogP contribution in [-0.2, 0) is 19.1 Å². The van der Waals surface area contributed by atoms with Gasteiger partial charge in [-0.25, -0.2) is 0 Å². The predicted molar refractivity (Wildman–Crippen MR) is 45.5 cm³/mol. The molecule has 0 amide bonds. The Bertz CT molecular complexity index is 170. The van der Waals surface area contributed by atoms with Gasteiger partial charge in [-0.15, -0.1) is 0 Å². The summed E-state index contributed by atoms with van der Waals surface area (Å²) < 4.78 is 8.71. The summed E-state index contributed by atoms with van der Waals surface area (Å²) in [6.07, 6.45) is 0.555. The van der Waals surface area contributed by atoms with Gasteiger partial charge in [0.25, 0.3) is 6.47 Å². The SMILES string of the molecule is CC(C)C[C@H](N)C(=O)OCOC=O. The van der Waals surface area contributed by atoms with E-state index in [1.807, 2.05) is 13.8 Å². The lowest BCUT2D eigenvalue weighted by molar-refractivity contribution is -0.161. The van der Waals surface area contributed by atoms with Crippen LogP contribution in [0.5, 0.6) is 0 Å². The van der Waals surface area contributed by atoms with E-state index in [4.69, 9.17) is 5.73 Å². The van der Waals surface area contributed by atoms with E-state index in [9.17, 15) is 9.59 Å². The van der Waals surface area contributed by atoms with Crippen LogP contribution in [-0.4, -0.2) is 25.3 Å². The van der Waals surface area contributed by atoms with E-state index >= 15 is 0 Å². The monoisotopic (exact) mass is 189 g/mol. The van der Waals surface area contributed by atoms with Crippen molar-refractivity contribution in [3.63, 3.8) is 0 Å². The first-order valence-electron chi connectivity index (χ1n) is 4.05. The van der Waals surface area contributed by atoms with E-state index in [1.165, 1.54) is 0 Å². The van der Waals surface area contributed by atoms with Gasteiger partial charge >= 0.3 is 5.97 Å². The Labute approximate surface area is 77.2 Å². The summed E-state index contributed by atoms with van der Waals surface area (Å²) in [7, 11) is 0. The average Bonchev–Trinajstić information content (AvgIpc) is 2.03. The molecule has 0 bridgehead atoms. The molecular weight excluding hydrogens is 174 g/mol. The molecule has 0 aliphatic heterocycles. The number of esters is 1. The van der Waals surface area contributed by atoms with E-state index in [-0.39, 0.29) is 13.3 Å². The summed E-state index contributed by atoms with van der Waals surface area (Å²) in [5, 5.41) is 0. The normalized spacial score (nSPS) is 12.3. The molecule has 76 valence electrons. The minimum Gasteiger partial charge on any atom is -0.430 e. The Balaban J connectivity index is 3.62. The second-order valence-corrected chi connectivity index (χ2v) is 3.08. The Morgan fingerprint density at radius 1 is 1.54 bits per heavy atom. The first-order chi connectivity index (χ1) is 6.07. The molecule has 0 aliphatic rings. The fourth-order valence-electron chi connectivity index (χ4n) is 0.831. The molecule has 0 saturated heterocycles. The molecule has 0 fully saturated rings. The number of hydrogen-bond donors (Lipinski definition) is 1. The van der Waals surface area contributed by atoms with Crippen molar-refractivity contribution in [2.75, 3.05) is 6.79 Å². The molecule has 0 saturated carbocycles. The maximum Gasteiger partial charge on any atom is 0.325 e. The minimum absolute atomic E-state index is 0.210. The molecule has 0 aromatic carbocycles. The Morgan fingerprint density at radius 2 is 2.15 bits per heavy atom. The standard InChI is InChI=1S/C8H15NO4/c1-6(2)3-7(9)8(11)13-5-12-4-10/h4,6-7H,3,5,9H2,1-2H3/t7-/m0/s1. The van der Waals surface area contributed by atoms with Crippen molar-refractivity contribution in [1.82, 2.24) is 0 Å². The minimum atomic E-state index is -0.643. The average molecular weight is 189 g/mol. The van der Waals surface area contributed by atoms with Crippen LogP contribution in [0.1, 0.15) is 20.3 Å². The van der Waals surface area contributed by atoms with Crippen molar-refractivity contribution in [3.05, 3.63) is 0 Å². The molecule has 0 aromatic rings. The molecule has 0 spiro atoms. The maximum absolute atomic E-state index is 11.0. The molecule has 2 N–H and O–H groups in total. The highest BCUT2D eigenvalue weighted by atomic mass is 16.7. The number of carbonyl (C=O) groups excluding carboxylic acids is 2. The second kappa shape index (κ2) is 6.42. The summed E-state index contributed by atoms with van der Waals surface area (Å²) in [5.74, 6) is -0.218. The fraction of sp³-hybridized carbons (Fsp3) is 0.750. The highest BCUT2D eigenvalue weighted by Crippen LogP contribution is 2.03. The van der Waals surface area contributed by atoms with Gasteiger partial charge in [0.2, 0.25) is 6.79 Å². The summed E-state index contributed by atoms with van der Waals surface area (Å²) >= 11 is 0. The molecule has 0 rings (SSSR count). The van der Waals surface area contributed by atoms with Crippen LogP contribution in [0.2, 0.25) is 0 Å². The van der Waals surface area contributed by atoms with Crippen LogP contribution in [0, 0.1) is 5.92 Å². The van der Waals surface area contributed by atoms with Crippen molar-refractivity contribution in [3.8, 4) is 0 Å². The van der Waals surface area contributed by atoms with E-state index in [0.717, 1.165) is 0 Å². The molecule has 1 atom stereocenters. The first kappa shape index (κ1) is 11.9. The maximum atomic E-state index is 11.0. The van der Waals surface area contributed by atoms with Crippen LogP contribution >= 0.6 is 0 Å². The van der Waals surface area contributed by atoms with Gasteiger partial charge in [0.15, 0.2) is 0 Å². The quantitative estimate of drug-likeness (QED) is 0.276. The van der Waals surface area contributed by atoms with Gasteiger partial charge in [0.05, 0.1) is 0 Å². The van der Waals surface area contributed by atoms with Crippen LogP contribution in [0.4, 0.5) is 0 Å². The Kier molecular flexibility index (Phi) is 5.88. The molecule has 0 aromatic heterocycles. The van der Waals surface area contributed by atoms with Gasteiger partial charge in [-0.2, -0.15) is 0 Å². The number of nitrogens with two attached hydrogens (primary N) is 1. The van der Waals surface area contributed by atoms with Gasteiger partial charge in [0.1, 0.15) is 6.04 Å². The third-order valence-corrected chi connectivity index (χ3v) is 1.37.